The van der Waals surface area contributed by atoms with Gasteiger partial charge in [0.2, 0.25) is 5.91 Å². The molecule has 0 spiro atoms. The molecule has 0 bridgehead atoms. The van der Waals surface area contributed by atoms with Gasteiger partial charge in [-0.25, -0.2) is 4.98 Å². The van der Waals surface area contributed by atoms with Crippen LogP contribution in [0.5, 0.6) is 5.75 Å². The molecule has 1 unspecified atom stereocenters. The number of nitrogens with zero attached hydrogens (tertiary/aromatic N) is 2. The highest BCUT2D eigenvalue weighted by Crippen LogP contribution is 2.29. The van der Waals surface area contributed by atoms with Gasteiger partial charge in [-0.1, -0.05) is 19.1 Å². The van der Waals surface area contributed by atoms with Crippen molar-refractivity contribution in [2.45, 2.75) is 32.2 Å². The van der Waals surface area contributed by atoms with Gasteiger partial charge in [0.25, 0.3) is 5.91 Å². The van der Waals surface area contributed by atoms with E-state index in [1.807, 2.05) is 31.2 Å². The Bertz CT molecular complexity index is 808. The predicted molar refractivity (Wildman–Crippen MR) is 106 cm³/mol. The Morgan fingerprint density at radius 2 is 2.19 bits per heavy atom. The van der Waals surface area contributed by atoms with E-state index >= 15 is 0 Å². The predicted octanol–water partition coefficient (Wildman–Crippen LogP) is 3.03. The average Bonchev–Trinajstić information content (AvgIpc) is 3.35. The molecule has 1 saturated heterocycles. The van der Waals surface area contributed by atoms with Crippen molar-refractivity contribution < 1.29 is 14.3 Å². The molecule has 1 aliphatic heterocycles. The molecule has 1 atom stereocenters. The second-order valence-electron chi connectivity index (χ2n) is 6.31. The van der Waals surface area contributed by atoms with Gasteiger partial charge in [0.15, 0.2) is 5.13 Å². The minimum absolute atomic E-state index is 0.0784. The van der Waals surface area contributed by atoms with Crippen molar-refractivity contribution >= 4 is 34.0 Å². The molecule has 2 N–H and O–H groups in total. The standard InChI is InChI=1S/C19H24N4O3S/c1-3-10-20-17(24)15-8-6-11-23(15)18(25)14-12-27-19(22-14)21-13-7-4-5-9-16(13)26-2/h4-5,7,9,12,15H,3,6,8,10-11H2,1-2H3,(H,20,24)(H,21,22). The number of rotatable bonds is 7. The summed E-state index contributed by atoms with van der Waals surface area (Å²) in [4.78, 5) is 31.2. The van der Waals surface area contributed by atoms with Crippen molar-refractivity contribution in [2.24, 2.45) is 0 Å². The zero-order chi connectivity index (χ0) is 19.2. The molecule has 2 amide bonds. The fourth-order valence-electron chi connectivity index (χ4n) is 3.09. The van der Waals surface area contributed by atoms with Crippen molar-refractivity contribution in [1.82, 2.24) is 15.2 Å². The van der Waals surface area contributed by atoms with Gasteiger partial charge in [-0.05, 0) is 31.4 Å². The number of para-hydroxylation sites is 2. The largest absolute Gasteiger partial charge is 0.495 e. The Kier molecular flexibility index (Phi) is 6.28. The third-order valence-corrected chi connectivity index (χ3v) is 5.20. The molecule has 0 aliphatic carbocycles. The van der Waals surface area contributed by atoms with Crippen LogP contribution in [0.2, 0.25) is 0 Å². The summed E-state index contributed by atoms with van der Waals surface area (Å²) in [7, 11) is 1.61. The van der Waals surface area contributed by atoms with E-state index in [1.165, 1.54) is 11.3 Å². The average molecular weight is 388 g/mol. The number of anilines is 2. The van der Waals surface area contributed by atoms with Crippen LogP contribution in [-0.2, 0) is 4.79 Å². The molecule has 1 aliphatic rings. The summed E-state index contributed by atoms with van der Waals surface area (Å²) in [5.74, 6) is 0.423. The van der Waals surface area contributed by atoms with Crippen molar-refractivity contribution in [2.75, 3.05) is 25.5 Å². The Morgan fingerprint density at radius 1 is 1.37 bits per heavy atom. The third kappa shape index (κ3) is 4.39. The summed E-state index contributed by atoms with van der Waals surface area (Å²) in [6.07, 6.45) is 2.39. The van der Waals surface area contributed by atoms with Crippen LogP contribution in [0.15, 0.2) is 29.6 Å². The highest BCUT2D eigenvalue weighted by atomic mass is 32.1. The van der Waals surface area contributed by atoms with Gasteiger partial charge in [0, 0.05) is 18.5 Å². The highest BCUT2D eigenvalue weighted by Gasteiger charge is 2.35. The monoisotopic (exact) mass is 388 g/mol. The van der Waals surface area contributed by atoms with Gasteiger partial charge in [-0.2, -0.15) is 0 Å². The Labute approximate surface area is 162 Å². The number of amides is 2. The first-order valence-corrected chi connectivity index (χ1v) is 9.96. The molecule has 2 aromatic rings. The van der Waals surface area contributed by atoms with Crippen molar-refractivity contribution in [3.05, 3.63) is 35.3 Å². The lowest BCUT2D eigenvalue weighted by molar-refractivity contribution is -0.124. The fraction of sp³-hybridized carbons (Fsp3) is 0.421. The summed E-state index contributed by atoms with van der Waals surface area (Å²) in [5.41, 5.74) is 1.14. The maximum atomic E-state index is 12.9. The van der Waals surface area contributed by atoms with Crippen molar-refractivity contribution in [3.8, 4) is 5.75 Å². The van der Waals surface area contributed by atoms with Gasteiger partial charge in [-0.15, -0.1) is 11.3 Å². The molecule has 2 heterocycles. The number of benzene rings is 1. The molecule has 27 heavy (non-hydrogen) atoms. The Morgan fingerprint density at radius 3 is 2.96 bits per heavy atom. The maximum absolute atomic E-state index is 12.9. The number of hydrogen-bond donors (Lipinski definition) is 2. The first-order chi connectivity index (χ1) is 13.1. The van der Waals surface area contributed by atoms with Crippen LogP contribution in [0.4, 0.5) is 10.8 Å². The first kappa shape index (κ1) is 19.2. The number of nitrogens with one attached hydrogen (secondary N) is 2. The van der Waals surface area contributed by atoms with Gasteiger partial charge in [-0.3, -0.25) is 9.59 Å². The molecule has 1 aromatic heterocycles. The van der Waals surface area contributed by atoms with Crippen molar-refractivity contribution in [1.29, 1.82) is 0 Å². The van der Waals surface area contributed by atoms with E-state index < -0.39 is 6.04 Å². The number of carbonyl (C=O) groups is 2. The lowest BCUT2D eigenvalue weighted by Crippen LogP contribution is -2.46. The van der Waals surface area contributed by atoms with Crippen LogP contribution in [0.25, 0.3) is 0 Å². The number of aromatic nitrogens is 1. The zero-order valence-electron chi connectivity index (χ0n) is 15.5. The van der Waals surface area contributed by atoms with E-state index in [9.17, 15) is 9.59 Å². The normalized spacial score (nSPS) is 16.2. The number of hydrogen-bond acceptors (Lipinski definition) is 6. The smallest absolute Gasteiger partial charge is 0.274 e. The molecule has 3 rings (SSSR count). The number of carbonyl (C=O) groups excluding carboxylic acids is 2. The van der Waals surface area contributed by atoms with Gasteiger partial charge < -0.3 is 20.3 Å². The first-order valence-electron chi connectivity index (χ1n) is 9.08. The highest BCUT2D eigenvalue weighted by molar-refractivity contribution is 7.14. The number of ether oxygens (including phenoxy) is 1. The Hall–Kier alpha value is -2.61. The molecular weight excluding hydrogens is 364 g/mol. The lowest BCUT2D eigenvalue weighted by atomic mass is 10.2. The molecule has 0 radical (unpaired) electrons. The topological polar surface area (TPSA) is 83.6 Å². The second kappa shape index (κ2) is 8.85. The van der Waals surface area contributed by atoms with Gasteiger partial charge >= 0.3 is 0 Å². The number of thiazole rings is 1. The molecule has 7 nitrogen and oxygen atoms in total. The van der Waals surface area contributed by atoms with Crippen LogP contribution in [0, 0.1) is 0 Å². The zero-order valence-corrected chi connectivity index (χ0v) is 16.3. The minimum Gasteiger partial charge on any atom is -0.495 e. The van der Waals surface area contributed by atoms with Crippen LogP contribution < -0.4 is 15.4 Å². The quantitative estimate of drug-likeness (QED) is 0.762. The number of likely N-dealkylation sites (tertiary alicyclic amines) is 1. The molecule has 144 valence electrons. The second-order valence-corrected chi connectivity index (χ2v) is 7.17. The molecule has 8 heteroatoms. The van der Waals surface area contributed by atoms with Crippen LogP contribution >= 0.6 is 11.3 Å². The summed E-state index contributed by atoms with van der Waals surface area (Å²) in [5, 5.41) is 8.40. The number of methoxy groups -OCH3 is 1. The van der Waals surface area contributed by atoms with Crippen molar-refractivity contribution in [3.63, 3.8) is 0 Å². The SMILES string of the molecule is CCCNC(=O)C1CCCN1C(=O)c1csc(Nc2ccccc2OC)n1. The lowest BCUT2D eigenvalue weighted by Gasteiger charge is -2.23. The van der Waals surface area contributed by atoms with E-state index in [-0.39, 0.29) is 11.8 Å². The molecular formula is C19H24N4O3S. The summed E-state index contributed by atoms with van der Waals surface area (Å²) in [6, 6.07) is 7.12. The van der Waals surface area contributed by atoms with E-state index in [4.69, 9.17) is 4.74 Å². The van der Waals surface area contributed by atoms with Gasteiger partial charge in [0.05, 0.1) is 12.8 Å². The molecule has 1 aromatic carbocycles. The third-order valence-electron chi connectivity index (χ3n) is 4.44. The maximum Gasteiger partial charge on any atom is 0.274 e. The Balaban J connectivity index is 1.70. The van der Waals surface area contributed by atoms with Crippen LogP contribution in [-0.4, -0.2) is 47.9 Å². The van der Waals surface area contributed by atoms with Crippen LogP contribution in [0.3, 0.4) is 0 Å². The van der Waals surface area contributed by atoms with E-state index in [1.54, 1.807) is 17.4 Å². The summed E-state index contributed by atoms with van der Waals surface area (Å²) in [6.45, 7) is 3.21. The minimum atomic E-state index is -0.406. The van der Waals surface area contributed by atoms with Crippen LogP contribution in [0.1, 0.15) is 36.7 Å². The molecule has 1 fully saturated rings. The fourth-order valence-corrected chi connectivity index (χ4v) is 3.78. The van der Waals surface area contributed by atoms with E-state index in [0.717, 1.165) is 18.5 Å². The summed E-state index contributed by atoms with van der Waals surface area (Å²) < 4.78 is 5.32. The molecule has 0 saturated carbocycles. The summed E-state index contributed by atoms with van der Waals surface area (Å²) >= 11 is 1.35. The van der Waals surface area contributed by atoms with E-state index in [2.05, 4.69) is 15.6 Å². The van der Waals surface area contributed by atoms with Gasteiger partial charge in [0.1, 0.15) is 17.5 Å². The van der Waals surface area contributed by atoms with E-state index in [0.29, 0.717) is 36.1 Å².